The van der Waals surface area contributed by atoms with Gasteiger partial charge in [-0.3, -0.25) is 9.47 Å². The average Bonchev–Trinajstić information content (AvgIpc) is 3.11. The Kier molecular flexibility index (Phi) is 4.54. The zero-order valence-electron chi connectivity index (χ0n) is 15.2. The molecule has 0 radical (unpaired) electrons. The molecule has 4 atom stereocenters. The van der Waals surface area contributed by atoms with Crippen LogP contribution in [0.4, 0.5) is 5.82 Å². The van der Waals surface area contributed by atoms with E-state index in [0.29, 0.717) is 6.04 Å². The quantitative estimate of drug-likeness (QED) is 0.816. The molecule has 2 fully saturated rings. The summed E-state index contributed by atoms with van der Waals surface area (Å²) in [6, 6.07) is 10.4. The maximum Gasteiger partial charge on any atom is 0.354 e. The van der Waals surface area contributed by atoms with Crippen LogP contribution in [0.25, 0.3) is 5.69 Å². The highest BCUT2D eigenvalue weighted by atomic mass is 16.1. The Labute approximate surface area is 153 Å². The van der Waals surface area contributed by atoms with Crippen LogP contribution in [-0.2, 0) is 6.42 Å². The van der Waals surface area contributed by atoms with Crippen LogP contribution in [0.15, 0.2) is 41.3 Å². The number of hydrogen-bond acceptors (Lipinski definition) is 5. The third kappa shape index (κ3) is 3.15. The van der Waals surface area contributed by atoms with Crippen LogP contribution in [0.2, 0.25) is 0 Å². The first-order chi connectivity index (χ1) is 12.6. The fourth-order valence-corrected chi connectivity index (χ4v) is 4.54. The zero-order chi connectivity index (χ0) is 18.3. The van der Waals surface area contributed by atoms with E-state index >= 15 is 0 Å². The highest BCUT2D eigenvalue weighted by Crippen LogP contribution is 2.51. The Balaban J connectivity index is 1.43. The maximum atomic E-state index is 12.0. The summed E-state index contributed by atoms with van der Waals surface area (Å²) in [5.74, 6) is 2.69. The van der Waals surface area contributed by atoms with Gasteiger partial charge in [-0.1, -0.05) is 19.1 Å². The van der Waals surface area contributed by atoms with Gasteiger partial charge in [0.15, 0.2) is 0 Å². The third-order valence-electron chi connectivity index (χ3n) is 6.17. The number of fused-ring (bicyclic) bond motifs is 1. The predicted molar refractivity (Wildman–Crippen MR) is 103 cm³/mol. The molecular formula is C20H27N5O. The van der Waals surface area contributed by atoms with E-state index in [9.17, 15) is 4.79 Å². The molecule has 26 heavy (non-hydrogen) atoms. The molecule has 2 aliphatic rings. The molecule has 2 aromatic rings. The second-order valence-electron chi connectivity index (χ2n) is 7.62. The molecule has 1 saturated heterocycles. The van der Waals surface area contributed by atoms with E-state index in [2.05, 4.69) is 28.9 Å². The van der Waals surface area contributed by atoms with E-state index in [1.807, 2.05) is 12.1 Å². The summed E-state index contributed by atoms with van der Waals surface area (Å²) in [4.78, 5) is 18.4. The van der Waals surface area contributed by atoms with Crippen molar-refractivity contribution in [1.29, 1.82) is 0 Å². The number of piperidine rings is 1. The maximum absolute atomic E-state index is 12.0. The Bertz CT molecular complexity index is 819. The van der Waals surface area contributed by atoms with Crippen LogP contribution < -0.4 is 17.2 Å². The zero-order valence-corrected chi connectivity index (χ0v) is 15.2. The fourth-order valence-electron chi connectivity index (χ4n) is 4.54. The lowest BCUT2D eigenvalue weighted by Crippen LogP contribution is -2.37. The first-order valence-corrected chi connectivity index (χ1v) is 9.49. The minimum absolute atomic E-state index is 0.245. The van der Waals surface area contributed by atoms with Gasteiger partial charge >= 0.3 is 5.69 Å². The number of nitrogen functional groups attached to an aromatic ring is 1. The van der Waals surface area contributed by atoms with Crippen LogP contribution in [-0.4, -0.2) is 40.1 Å². The van der Waals surface area contributed by atoms with E-state index in [1.54, 1.807) is 12.3 Å². The van der Waals surface area contributed by atoms with Crippen molar-refractivity contribution in [2.75, 3.05) is 25.4 Å². The van der Waals surface area contributed by atoms with Crippen LogP contribution in [0, 0.1) is 17.8 Å². The average molecular weight is 353 g/mol. The van der Waals surface area contributed by atoms with Crippen molar-refractivity contribution in [1.82, 2.24) is 14.5 Å². The summed E-state index contributed by atoms with van der Waals surface area (Å²) in [7, 11) is 0. The monoisotopic (exact) mass is 353 g/mol. The molecule has 4 N–H and O–H groups in total. The Hall–Kier alpha value is -2.18. The van der Waals surface area contributed by atoms with Gasteiger partial charge in [-0.25, -0.2) is 4.79 Å². The Morgan fingerprint density at radius 2 is 1.88 bits per heavy atom. The summed E-state index contributed by atoms with van der Waals surface area (Å²) in [5.41, 5.74) is 13.1. The number of nitrogens with two attached hydrogens (primary N) is 2. The van der Waals surface area contributed by atoms with E-state index in [1.165, 1.54) is 23.2 Å². The summed E-state index contributed by atoms with van der Waals surface area (Å²) in [5, 5.41) is 0. The van der Waals surface area contributed by atoms with Gasteiger partial charge in [0, 0.05) is 25.3 Å². The van der Waals surface area contributed by atoms with Crippen molar-refractivity contribution in [3.05, 3.63) is 52.6 Å². The number of benzene rings is 1. The van der Waals surface area contributed by atoms with Gasteiger partial charge in [0.05, 0.1) is 5.69 Å². The molecule has 4 rings (SSSR count). The van der Waals surface area contributed by atoms with Crippen LogP contribution in [0.1, 0.15) is 18.9 Å². The minimum Gasteiger partial charge on any atom is -0.383 e. The van der Waals surface area contributed by atoms with Crippen LogP contribution >= 0.6 is 0 Å². The SMILES string of the molecule is CCC(Cc1ccc(-n2ccc(N)nc2=O)cc1)N1C[C@@H]2C(CN)[C@@H]2C1. The minimum atomic E-state index is -0.352. The smallest absolute Gasteiger partial charge is 0.354 e. The van der Waals surface area contributed by atoms with Gasteiger partial charge in [-0.05, 0) is 60.9 Å². The predicted octanol–water partition coefficient (Wildman–Crippen LogP) is 1.27. The first-order valence-electron chi connectivity index (χ1n) is 9.49. The molecule has 1 aliphatic carbocycles. The molecule has 1 saturated carbocycles. The number of hydrogen-bond donors (Lipinski definition) is 2. The second-order valence-corrected chi connectivity index (χ2v) is 7.62. The molecule has 1 aromatic carbocycles. The Morgan fingerprint density at radius 3 is 2.46 bits per heavy atom. The summed E-state index contributed by atoms with van der Waals surface area (Å²) in [6.07, 6.45) is 3.85. The van der Waals surface area contributed by atoms with E-state index < -0.39 is 0 Å². The highest BCUT2D eigenvalue weighted by Gasteiger charge is 2.55. The van der Waals surface area contributed by atoms with Gasteiger partial charge in [-0.2, -0.15) is 4.98 Å². The van der Waals surface area contributed by atoms with Crippen molar-refractivity contribution in [3.63, 3.8) is 0 Å². The molecule has 6 nitrogen and oxygen atoms in total. The summed E-state index contributed by atoms with van der Waals surface area (Å²) < 4.78 is 1.51. The lowest BCUT2D eigenvalue weighted by molar-refractivity contribution is 0.201. The number of anilines is 1. The largest absolute Gasteiger partial charge is 0.383 e. The molecule has 138 valence electrons. The summed E-state index contributed by atoms with van der Waals surface area (Å²) in [6.45, 7) is 5.52. The first kappa shape index (κ1) is 17.2. The van der Waals surface area contributed by atoms with Crippen molar-refractivity contribution >= 4 is 5.82 Å². The molecule has 0 amide bonds. The molecular weight excluding hydrogens is 326 g/mol. The van der Waals surface area contributed by atoms with Crippen LogP contribution in [0.5, 0.6) is 0 Å². The van der Waals surface area contributed by atoms with Crippen molar-refractivity contribution in [3.8, 4) is 5.69 Å². The summed E-state index contributed by atoms with van der Waals surface area (Å²) >= 11 is 0. The second kappa shape index (κ2) is 6.85. The van der Waals surface area contributed by atoms with Crippen molar-refractivity contribution < 1.29 is 0 Å². The number of rotatable bonds is 6. The van der Waals surface area contributed by atoms with Gasteiger partial charge < -0.3 is 11.5 Å². The molecule has 6 heteroatoms. The molecule has 2 unspecified atom stereocenters. The third-order valence-corrected chi connectivity index (χ3v) is 6.17. The number of nitrogens with zero attached hydrogens (tertiary/aromatic N) is 3. The molecule has 0 bridgehead atoms. The lowest BCUT2D eigenvalue weighted by Gasteiger charge is -2.29. The van der Waals surface area contributed by atoms with Crippen molar-refractivity contribution in [2.45, 2.75) is 25.8 Å². The molecule has 1 aliphatic heterocycles. The van der Waals surface area contributed by atoms with Crippen LogP contribution in [0.3, 0.4) is 0 Å². The van der Waals surface area contributed by atoms with Gasteiger partial charge in [0.25, 0.3) is 0 Å². The molecule has 2 heterocycles. The fraction of sp³-hybridized carbons (Fsp3) is 0.500. The molecule has 0 spiro atoms. The number of likely N-dealkylation sites (tertiary alicyclic amines) is 1. The Morgan fingerprint density at radius 1 is 1.19 bits per heavy atom. The van der Waals surface area contributed by atoms with Gasteiger partial charge in [0.2, 0.25) is 0 Å². The normalized spacial score (nSPS) is 25.8. The van der Waals surface area contributed by atoms with Gasteiger partial charge in [-0.15, -0.1) is 0 Å². The van der Waals surface area contributed by atoms with E-state index in [-0.39, 0.29) is 11.5 Å². The lowest BCUT2D eigenvalue weighted by atomic mass is 10.0. The van der Waals surface area contributed by atoms with Gasteiger partial charge in [0.1, 0.15) is 5.82 Å². The standard InChI is InChI=1S/C20H27N5O/c1-2-14(24-11-17-16(10-21)18(17)12-24)9-13-3-5-15(6-4-13)25-8-7-19(22)23-20(25)26/h3-8,14,16-18H,2,9-12,21H2,1H3,(H2,22,23,26)/t14?,16?,17-,18+. The van der Waals surface area contributed by atoms with E-state index in [0.717, 1.165) is 42.8 Å². The topological polar surface area (TPSA) is 90.2 Å². The molecule has 1 aromatic heterocycles. The highest BCUT2D eigenvalue weighted by molar-refractivity contribution is 5.36. The van der Waals surface area contributed by atoms with E-state index in [4.69, 9.17) is 11.5 Å². The van der Waals surface area contributed by atoms with Crippen molar-refractivity contribution in [2.24, 2.45) is 23.5 Å². The number of aromatic nitrogens is 2.